The molecule has 194 valence electrons. The van der Waals surface area contributed by atoms with Crippen LogP contribution in [0.1, 0.15) is 32.3 Å². The molecule has 2 aliphatic heterocycles. The minimum atomic E-state index is -0.589. The molecule has 3 heterocycles. The van der Waals surface area contributed by atoms with Gasteiger partial charge < -0.3 is 19.9 Å². The van der Waals surface area contributed by atoms with E-state index in [1.165, 1.54) is 0 Å². The van der Waals surface area contributed by atoms with Crippen molar-refractivity contribution in [1.29, 1.82) is 0 Å². The van der Waals surface area contributed by atoms with Crippen LogP contribution in [0.15, 0.2) is 54.7 Å². The second-order valence-corrected chi connectivity index (χ2v) is 10.2. The summed E-state index contributed by atoms with van der Waals surface area (Å²) in [4.78, 5) is 37.1. The van der Waals surface area contributed by atoms with Crippen LogP contribution < -0.4 is 10.2 Å². The van der Waals surface area contributed by atoms with Gasteiger partial charge in [-0.2, -0.15) is 0 Å². The molecule has 2 saturated heterocycles. The maximum atomic E-state index is 13.4. The summed E-state index contributed by atoms with van der Waals surface area (Å²) in [5, 5.41) is 2.83. The number of carbonyl (C=O) groups excluding carboxylic acids is 2. The lowest BCUT2D eigenvalue weighted by Gasteiger charge is -2.40. The highest BCUT2D eigenvalue weighted by Gasteiger charge is 2.33. The Kier molecular flexibility index (Phi) is 9.17. The molecule has 2 aliphatic rings. The molecule has 0 spiro atoms. The number of benzene rings is 1. The van der Waals surface area contributed by atoms with Crippen molar-refractivity contribution < 1.29 is 14.3 Å². The predicted molar refractivity (Wildman–Crippen MR) is 141 cm³/mol. The van der Waals surface area contributed by atoms with Gasteiger partial charge in [0.1, 0.15) is 18.5 Å². The number of rotatable bonds is 8. The fraction of sp³-hybridized carbons (Fsp3) is 0.536. The van der Waals surface area contributed by atoms with E-state index in [0.29, 0.717) is 5.92 Å². The fourth-order valence-electron chi connectivity index (χ4n) is 5.08. The van der Waals surface area contributed by atoms with Crippen LogP contribution in [0, 0.1) is 11.8 Å². The van der Waals surface area contributed by atoms with Crippen LogP contribution in [0.4, 0.5) is 10.6 Å². The quantitative estimate of drug-likeness (QED) is 0.607. The molecule has 1 N–H and O–H groups in total. The molecule has 4 rings (SSSR count). The number of likely N-dealkylation sites (tertiary alicyclic amines) is 1. The van der Waals surface area contributed by atoms with Crippen LogP contribution in [-0.2, 0) is 16.1 Å². The van der Waals surface area contributed by atoms with Crippen LogP contribution in [0.2, 0.25) is 0 Å². The molecule has 2 amide bonds. The van der Waals surface area contributed by atoms with Gasteiger partial charge in [-0.05, 0) is 42.4 Å². The normalized spacial score (nSPS) is 19.7. The molecular formula is C28H39N5O3. The zero-order valence-electron chi connectivity index (χ0n) is 21.5. The predicted octanol–water partition coefficient (Wildman–Crippen LogP) is 3.39. The van der Waals surface area contributed by atoms with Crippen molar-refractivity contribution >= 4 is 17.8 Å². The standard InChI is InChI=1S/C28H39N5O3/c1-22(2)26(30-28(35)36-21-23-9-4-3-5-10-23)27(34)33-14-8-11-24(20-33)19-31-15-17-32(18-16-31)25-12-6-7-13-29-25/h3-7,9-10,12-13,22,24,26H,8,11,14-21H2,1-2H3,(H,30,35)/t24?,26-/m0/s1. The number of piperidine rings is 1. The first kappa shape index (κ1) is 25.9. The van der Waals surface area contributed by atoms with E-state index < -0.39 is 12.1 Å². The maximum absolute atomic E-state index is 13.4. The molecule has 8 heteroatoms. The van der Waals surface area contributed by atoms with E-state index in [9.17, 15) is 9.59 Å². The number of ether oxygens (including phenoxy) is 1. The monoisotopic (exact) mass is 493 g/mol. The van der Waals surface area contributed by atoms with Crippen LogP contribution in [-0.4, -0.2) is 78.6 Å². The van der Waals surface area contributed by atoms with Gasteiger partial charge in [0.15, 0.2) is 0 Å². The number of nitrogens with zero attached hydrogens (tertiary/aromatic N) is 4. The highest BCUT2D eigenvalue weighted by Crippen LogP contribution is 2.21. The topological polar surface area (TPSA) is 78.0 Å². The summed E-state index contributed by atoms with van der Waals surface area (Å²) < 4.78 is 5.37. The summed E-state index contributed by atoms with van der Waals surface area (Å²) in [6.07, 6.45) is 3.42. The van der Waals surface area contributed by atoms with Crippen molar-refractivity contribution in [2.45, 2.75) is 39.3 Å². The number of piperazine rings is 1. The van der Waals surface area contributed by atoms with Crippen molar-refractivity contribution in [1.82, 2.24) is 20.1 Å². The molecule has 0 radical (unpaired) electrons. The van der Waals surface area contributed by atoms with Gasteiger partial charge in [-0.1, -0.05) is 50.2 Å². The first-order valence-electron chi connectivity index (χ1n) is 13.1. The molecule has 0 aliphatic carbocycles. The van der Waals surface area contributed by atoms with E-state index in [-0.39, 0.29) is 18.4 Å². The van der Waals surface area contributed by atoms with Crippen molar-refractivity contribution in [3.63, 3.8) is 0 Å². The molecule has 2 atom stereocenters. The first-order chi connectivity index (χ1) is 17.5. The number of hydrogen-bond donors (Lipinski definition) is 1. The minimum absolute atomic E-state index is 0.00803. The molecule has 2 aromatic rings. The number of pyridine rings is 1. The number of amides is 2. The largest absolute Gasteiger partial charge is 0.445 e. The lowest BCUT2D eigenvalue weighted by Crippen LogP contribution is -2.55. The Morgan fingerprint density at radius 1 is 1.03 bits per heavy atom. The van der Waals surface area contributed by atoms with Gasteiger partial charge in [-0.15, -0.1) is 0 Å². The molecule has 1 aromatic carbocycles. The van der Waals surface area contributed by atoms with Crippen molar-refractivity contribution in [3.8, 4) is 0 Å². The fourth-order valence-corrected chi connectivity index (χ4v) is 5.08. The van der Waals surface area contributed by atoms with E-state index in [0.717, 1.165) is 70.0 Å². The second-order valence-electron chi connectivity index (χ2n) is 10.2. The van der Waals surface area contributed by atoms with Gasteiger partial charge in [0.2, 0.25) is 5.91 Å². The summed E-state index contributed by atoms with van der Waals surface area (Å²) in [5.74, 6) is 1.45. The highest BCUT2D eigenvalue weighted by molar-refractivity contribution is 5.86. The van der Waals surface area contributed by atoms with Gasteiger partial charge in [0.05, 0.1) is 0 Å². The molecule has 2 fully saturated rings. The summed E-state index contributed by atoms with van der Waals surface area (Å²) in [6.45, 7) is 10.5. The van der Waals surface area contributed by atoms with Crippen LogP contribution in [0.5, 0.6) is 0 Å². The number of hydrogen-bond acceptors (Lipinski definition) is 6. The van der Waals surface area contributed by atoms with Gasteiger partial charge in [0, 0.05) is 52.0 Å². The molecule has 0 saturated carbocycles. The summed E-state index contributed by atoms with van der Waals surface area (Å²) in [5.41, 5.74) is 0.916. The third kappa shape index (κ3) is 7.20. The first-order valence-corrected chi connectivity index (χ1v) is 13.1. The Morgan fingerprint density at radius 3 is 2.47 bits per heavy atom. The highest BCUT2D eigenvalue weighted by atomic mass is 16.5. The number of anilines is 1. The molecule has 1 aromatic heterocycles. The Morgan fingerprint density at radius 2 is 1.78 bits per heavy atom. The Labute approximate surface area is 214 Å². The smallest absolute Gasteiger partial charge is 0.408 e. The molecule has 1 unspecified atom stereocenters. The number of nitrogens with one attached hydrogen (secondary N) is 1. The maximum Gasteiger partial charge on any atom is 0.408 e. The van der Waals surface area contributed by atoms with E-state index >= 15 is 0 Å². The molecular weight excluding hydrogens is 454 g/mol. The third-order valence-electron chi connectivity index (χ3n) is 7.11. The zero-order chi connectivity index (χ0) is 25.3. The van der Waals surface area contributed by atoms with Gasteiger partial charge in [-0.25, -0.2) is 9.78 Å². The Balaban J connectivity index is 1.25. The molecule has 0 bridgehead atoms. The molecule has 8 nitrogen and oxygen atoms in total. The van der Waals surface area contributed by atoms with E-state index in [2.05, 4.69) is 26.2 Å². The van der Waals surface area contributed by atoms with E-state index in [4.69, 9.17) is 4.74 Å². The SMILES string of the molecule is CC(C)[C@H](NC(=O)OCc1ccccc1)C(=O)N1CCCC(CN2CCN(c3ccccn3)CC2)C1. The van der Waals surface area contributed by atoms with Crippen LogP contribution in [0.3, 0.4) is 0 Å². The van der Waals surface area contributed by atoms with Gasteiger partial charge >= 0.3 is 6.09 Å². The summed E-state index contributed by atoms with van der Waals surface area (Å²) in [6, 6.07) is 15.0. The van der Waals surface area contributed by atoms with Crippen molar-refractivity contribution in [3.05, 3.63) is 60.3 Å². The average Bonchev–Trinajstić information content (AvgIpc) is 2.92. The zero-order valence-corrected chi connectivity index (χ0v) is 21.5. The van der Waals surface area contributed by atoms with Crippen molar-refractivity contribution in [2.24, 2.45) is 11.8 Å². The minimum Gasteiger partial charge on any atom is -0.445 e. The van der Waals surface area contributed by atoms with Crippen LogP contribution >= 0.6 is 0 Å². The summed E-state index contributed by atoms with van der Waals surface area (Å²) in [7, 11) is 0. The van der Waals surface area contributed by atoms with E-state index in [1.54, 1.807) is 0 Å². The number of alkyl carbamates (subject to hydrolysis) is 1. The lowest BCUT2D eigenvalue weighted by molar-refractivity contribution is -0.136. The van der Waals surface area contributed by atoms with Crippen LogP contribution in [0.25, 0.3) is 0 Å². The van der Waals surface area contributed by atoms with Gasteiger partial charge in [0.25, 0.3) is 0 Å². The lowest BCUT2D eigenvalue weighted by atomic mass is 9.95. The number of carbonyl (C=O) groups is 2. The third-order valence-corrected chi connectivity index (χ3v) is 7.11. The average molecular weight is 494 g/mol. The van der Waals surface area contributed by atoms with Gasteiger partial charge in [-0.3, -0.25) is 9.69 Å². The number of aromatic nitrogens is 1. The van der Waals surface area contributed by atoms with Crippen molar-refractivity contribution in [2.75, 3.05) is 50.7 Å². The van der Waals surface area contributed by atoms with E-state index in [1.807, 2.05) is 67.4 Å². The summed E-state index contributed by atoms with van der Waals surface area (Å²) >= 11 is 0. The second kappa shape index (κ2) is 12.7. The Bertz CT molecular complexity index is 964. The molecule has 36 heavy (non-hydrogen) atoms. The Hall–Kier alpha value is -3.13.